The van der Waals surface area contributed by atoms with Crippen LogP contribution in [0.25, 0.3) is 0 Å². The van der Waals surface area contributed by atoms with Crippen molar-refractivity contribution in [3.8, 4) is 5.75 Å². The van der Waals surface area contributed by atoms with Crippen molar-refractivity contribution >= 4 is 22.0 Å². The zero-order valence-electron chi connectivity index (χ0n) is 13.8. The van der Waals surface area contributed by atoms with Crippen molar-refractivity contribution < 1.29 is 32.2 Å². The number of hydrogen-bond acceptors (Lipinski definition) is 7. The summed E-state index contributed by atoms with van der Waals surface area (Å²) in [5.74, 6) is -1.30. The highest BCUT2D eigenvalue weighted by molar-refractivity contribution is 7.89. The molecule has 0 aromatic heterocycles. The molecule has 1 aromatic rings. The van der Waals surface area contributed by atoms with Crippen molar-refractivity contribution in [2.45, 2.75) is 30.4 Å². The van der Waals surface area contributed by atoms with Crippen LogP contribution >= 0.6 is 0 Å². The summed E-state index contributed by atoms with van der Waals surface area (Å²) in [5.41, 5.74) is 0.00331. The zero-order valence-corrected chi connectivity index (χ0v) is 14.6. The smallest absolute Gasteiger partial charge is 0.347 e. The van der Waals surface area contributed by atoms with E-state index in [0.717, 1.165) is 4.31 Å². The first-order chi connectivity index (χ1) is 11.2. The third kappa shape index (κ3) is 3.51. The third-order valence-corrected chi connectivity index (χ3v) is 5.37. The lowest BCUT2D eigenvalue weighted by atomic mass is 10.2. The minimum Gasteiger partial charge on any atom is -0.495 e. The van der Waals surface area contributed by atoms with E-state index < -0.39 is 28.1 Å². The Kier molecular flexibility index (Phi) is 5.14. The number of esters is 2. The molecule has 1 heterocycles. The van der Waals surface area contributed by atoms with E-state index >= 15 is 0 Å². The Morgan fingerprint density at radius 2 is 2.00 bits per heavy atom. The molecule has 132 valence electrons. The van der Waals surface area contributed by atoms with Crippen LogP contribution in [0.4, 0.5) is 0 Å². The van der Waals surface area contributed by atoms with Crippen molar-refractivity contribution in [1.29, 1.82) is 0 Å². The Balaban J connectivity index is 2.32. The van der Waals surface area contributed by atoms with E-state index in [1.54, 1.807) is 6.92 Å². The quantitative estimate of drug-likeness (QED) is 0.719. The second kappa shape index (κ2) is 6.78. The number of rotatable bonds is 5. The lowest BCUT2D eigenvalue weighted by molar-refractivity contribution is -0.147. The highest BCUT2D eigenvalue weighted by atomic mass is 32.2. The normalized spacial score (nSPS) is 20.8. The molecule has 0 unspecified atom stereocenters. The number of methoxy groups -OCH3 is 1. The summed E-state index contributed by atoms with van der Waals surface area (Å²) in [6, 6.07) is 3.91. The van der Waals surface area contributed by atoms with Gasteiger partial charge in [0.15, 0.2) is 0 Å². The summed E-state index contributed by atoms with van der Waals surface area (Å²) in [6.45, 7) is 1.70. The van der Waals surface area contributed by atoms with E-state index in [0.29, 0.717) is 0 Å². The number of carbonyl (C=O) groups excluding carboxylic acids is 2. The molecule has 1 aliphatic rings. The third-order valence-electron chi connectivity index (χ3n) is 3.53. The molecule has 0 spiro atoms. The van der Waals surface area contributed by atoms with Crippen LogP contribution in [-0.4, -0.2) is 58.1 Å². The van der Waals surface area contributed by atoms with Gasteiger partial charge in [0.25, 0.3) is 0 Å². The van der Waals surface area contributed by atoms with Gasteiger partial charge in [0.1, 0.15) is 16.7 Å². The number of carbonyl (C=O) groups is 2. The molecule has 0 radical (unpaired) electrons. The molecule has 1 saturated heterocycles. The fraction of sp³-hybridized carbons (Fsp3) is 0.467. The molecule has 1 aliphatic heterocycles. The molecule has 2 atom stereocenters. The molecule has 0 N–H and O–H groups in total. The first-order valence-corrected chi connectivity index (χ1v) is 8.63. The van der Waals surface area contributed by atoms with Crippen molar-refractivity contribution in [3.05, 3.63) is 23.8 Å². The lowest BCUT2D eigenvalue weighted by Crippen LogP contribution is -2.24. The van der Waals surface area contributed by atoms with Crippen molar-refractivity contribution in [2.24, 2.45) is 0 Å². The van der Waals surface area contributed by atoms with Crippen LogP contribution in [0.3, 0.4) is 0 Å². The van der Waals surface area contributed by atoms with Crippen LogP contribution in [0.15, 0.2) is 23.1 Å². The Morgan fingerprint density at radius 1 is 1.33 bits per heavy atom. The fourth-order valence-electron chi connectivity index (χ4n) is 2.22. The van der Waals surface area contributed by atoms with Crippen molar-refractivity contribution in [1.82, 2.24) is 4.31 Å². The predicted molar refractivity (Wildman–Crippen MR) is 83.2 cm³/mol. The van der Waals surface area contributed by atoms with E-state index in [2.05, 4.69) is 0 Å². The molecular weight excluding hydrogens is 338 g/mol. The van der Waals surface area contributed by atoms with Gasteiger partial charge in [0.05, 0.1) is 12.7 Å². The summed E-state index contributed by atoms with van der Waals surface area (Å²) in [4.78, 5) is 23.6. The Morgan fingerprint density at radius 3 is 2.50 bits per heavy atom. The Labute approximate surface area is 140 Å². The molecule has 24 heavy (non-hydrogen) atoms. The zero-order chi connectivity index (χ0) is 18.1. The van der Waals surface area contributed by atoms with E-state index in [1.807, 2.05) is 0 Å². The van der Waals surface area contributed by atoms with Crippen molar-refractivity contribution in [3.63, 3.8) is 0 Å². The van der Waals surface area contributed by atoms with Gasteiger partial charge >= 0.3 is 11.9 Å². The van der Waals surface area contributed by atoms with Crippen LogP contribution in [-0.2, 0) is 24.3 Å². The topological polar surface area (TPSA) is 99.2 Å². The Bertz CT molecular complexity index is 757. The number of nitrogens with zero attached hydrogens (tertiary/aromatic N) is 1. The van der Waals surface area contributed by atoms with Gasteiger partial charge in [-0.25, -0.2) is 22.3 Å². The summed E-state index contributed by atoms with van der Waals surface area (Å²) in [6.07, 6.45) is -1.04. The second-order valence-electron chi connectivity index (χ2n) is 5.53. The maximum atomic E-state index is 12.3. The van der Waals surface area contributed by atoms with E-state index in [-0.39, 0.29) is 28.7 Å². The largest absolute Gasteiger partial charge is 0.495 e. The molecule has 0 amide bonds. The van der Waals surface area contributed by atoms with Gasteiger partial charge in [0, 0.05) is 20.5 Å². The molecule has 8 nitrogen and oxygen atoms in total. The molecular formula is C15H19NO7S. The summed E-state index contributed by atoms with van der Waals surface area (Å²) >= 11 is 0. The second-order valence-corrected chi connectivity index (χ2v) is 7.65. The molecule has 1 fully saturated rings. The minimum atomic E-state index is -3.81. The van der Waals surface area contributed by atoms with Crippen LogP contribution in [0.2, 0.25) is 0 Å². The fourth-order valence-corrected chi connectivity index (χ4v) is 3.29. The summed E-state index contributed by atoms with van der Waals surface area (Å²) in [5, 5.41) is 0. The first kappa shape index (κ1) is 18.2. The van der Waals surface area contributed by atoms with Gasteiger partial charge < -0.3 is 14.2 Å². The van der Waals surface area contributed by atoms with Gasteiger partial charge in [-0.1, -0.05) is 0 Å². The monoisotopic (exact) mass is 357 g/mol. The molecule has 0 saturated carbocycles. The lowest BCUT2D eigenvalue weighted by Gasteiger charge is -2.15. The van der Waals surface area contributed by atoms with Gasteiger partial charge in [0.2, 0.25) is 16.1 Å². The number of sulfonamides is 1. The Hall–Kier alpha value is -2.13. The maximum absolute atomic E-state index is 12.3. The maximum Gasteiger partial charge on any atom is 0.347 e. The summed E-state index contributed by atoms with van der Waals surface area (Å²) in [7, 11) is 0.259. The molecule has 1 aromatic carbocycles. The first-order valence-electron chi connectivity index (χ1n) is 7.19. The van der Waals surface area contributed by atoms with Gasteiger partial charge in [-0.05, 0) is 25.1 Å². The standard InChI is InChI=1S/C15H19NO7S/c1-9-7-12(15(18)22-9)23-14(17)10-5-6-11(21-4)13(8-10)24(19,20)16(2)3/h5-6,8-9,12H,7H2,1-4H3/t9-,12-/m0/s1. The van der Waals surface area contributed by atoms with E-state index in [4.69, 9.17) is 14.2 Å². The van der Waals surface area contributed by atoms with Crippen molar-refractivity contribution in [2.75, 3.05) is 21.2 Å². The molecule has 0 bridgehead atoms. The van der Waals surface area contributed by atoms with E-state index in [1.165, 1.54) is 39.4 Å². The SMILES string of the molecule is COc1ccc(C(=O)O[C@H]2C[C@H](C)OC2=O)cc1S(=O)(=O)N(C)C. The predicted octanol–water partition coefficient (Wildman–Crippen LogP) is 0.806. The van der Waals surface area contributed by atoms with Crippen LogP contribution in [0.1, 0.15) is 23.7 Å². The highest BCUT2D eigenvalue weighted by Gasteiger charge is 2.35. The average molecular weight is 357 g/mol. The van der Waals surface area contributed by atoms with Gasteiger partial charge in [-0.3, -0.25) is 0 Å². The highest BCUT2D eigenvalue weighted by Crippen LogP contribution is 2.28. The molecule has 0 aliphatic carbocycles. The van der Waals surface area contributed by atoms with Crippen LogP contribution in [0.5, 0.6) is 5.75 Å². The minimum absolute atomic E-state index is 0.00331. The van der Waals surface area contributed by atoms with Crippen LogP contribution in [0, 0.1) is 0 Å². The van der Waals surface area contributed by atoms with E-state index in [9.17, 15) is 18.0 Å². The number of benzene rings is 1. The molecule has 9 heteroatoms. The molecule has 2 rings (SSSR count). The average Bonchev–Trinajstić information content (AvgIpc) is 2.83. The number of cyclic esters (lactones) is 1. The summed E-state index contributed by atoms with van der Waals surface area (Å²) < 4.78 is 40.8. The van der Waals surface area contributed by atoms with Gasteiger partial charge in [-0.15, -0.1) is 0 Å². The number of hydrogen-bond donors (Lipinski definition) is 0. The number of ether oxygens (including phenoxy) is 3. The van der Waals surface area contributed by atoms with Crippen LogP contribution < -0.4 is 4.74 Å². The van der Waals surface area contributed by atoms with Gasteiger partial charge in [-0.2, -0.15) is 0 Å².